The largest absolute Gasteiger partial charge is 0.479 e. The van der Waals surface area contributed by atoms with Crippen LogP contribution >= 0.6 is 0 Å². The molecule has 2 aromatic rings. The Balaban J connectivity index is 1.77. The van der Waals surface area contributed by atoms with Crippen LogP contribution in [0.25, 0.3) is 0 Å². The summed E-state index contributed by atoms with van der Waals surface area (Å²) in [4.78, 5) is 35.3. The Bertz CT molecular complexity index is 794. The fourth-order valence-corrected chi connectivity index (χ4v) is 2.27. The van der Waals surface area contributed by atoms with Gasteiger partial charge >= 0.3 is 5.97 Å². The van der Waals surface area contributed by atoms with Gasteiger partial charge < -0.3 is 14.8 Å². The highest BCUT2D eigenvalue weighted by molar-refractivity contribution is 5.88. The van der Waals surface area contributed by atoms with E-state index in [-0.39, 0.29) is 11.5 Å². The zero-order valence-electron chi connectivity index (χ0n) is 14.8. The van der Waals surface area contributed by atoms with E-state index >= 15 is 0 Å². The lowest BCUT2D eigenvalue weighted by atomic mass is 10.0. The predicted octanol–water partition coefficient (Wildman–Crippen LogP) is 2.06. The molecule has 0 fully saturated rings. The maximum Gasteiger partial charge on any atom is 0.344 e. The quantitative estimate of drug-likeness (QED) is 0.681. The Labute approximate surface area is 156 Å². The van der Waals surface area contributed by atoms with Crippen LogP contribution in [0.3, 0.4) is 0 Å². The summed E-state index contributed by atoms with van der Waals surface area (Å²) in [6.45, 7) is 0.286. The summed E-state index contributed by atoms with van der Waals surface area (Å²) < 4.78 is 23.2. The molecule has 1 amide bonds. The third-order valence-corrected chi connectivity index (χ3v) is 3.66. The first-order chi connectivity index (χ1) is 13.0. The molecule has 0 unspecified atom stereocenters. The van der Waals surface area contributed by atoms with Gasteiger partial charge in [0, 0.05) is 0 Å². The van der Waals surface area contributed by atoms with Gasteiger partial charge in [-0.2, -0.15) is 0 Å². The van der Waals surface area contributed by atoms with E-state index in [0.717, 1.165) is 5.56 Å². The maximum absolute atomic E-state index is 13.4. The van der Waals surface area contributed by atoms with Gasteiger partial charge in [0.1, 0.15) is 0 Å². The number of nitrogens with one attached hydrogen (secondary N) is 1. The first-order valence-corrected chi connectivity index (χ1v) is 8.32. The first kappa shape index (κ1) is 20.1. The van der Waals surface area contributed by atoms with E-state index < -0.39 is 36.9 Å². The predicted molar refractivity (Wildman–Crippen MR) is 95.6 cm³/mol. The molecule has 0 spiro atoms. The normalized spacial score (nSPS) is 11.3. The van der Waals surface area contributed by atoms with Crippen molar-refractivity contribution in [1.82, 2.24) is 5.32 Å². The SMILES string of the molecule is CC(=O)[C@@H](Cc1ccccc1)NC(=O)COC(=O)COc1ccccc1F. The van der Waals surface area contributed by atoms with Gasteiger partial charge in [-0.3, -0.25) is 9.59 Å². The van der Waals surface area contributed by atoms with Crippen molar-refractivity contribution in [2.45, 2.75) is 19.4 Å². The molecule has 2 rings (SSSR count). The molecule has 6 nitrogen and oxygen atoms in total. The van der Waals surface area contributed by atoms with E-state index in [2.05, 4.69) is 5.32 Å². The zero-order valence-corrected chi connectivity index (χ0v) is 14.8. The Hall–Kier alpha value is -3.22. The molecule has 0 aromatic heterocycles. The van der Waals surface area contributed by atoms with Crippen LogP contribution in [0.1, 0.15) is 12.5 Å². The minimum absolute atomic E-state index is 0.0848. The van der Waals surface area contributed by atoms with Crippen molar-refractivity contribution in [1.29, 1.82) is 0 Å². The monoisotopic (exact) mass is 373 g/mol. The van der Waals surface area contributed by atoms with E-state index in [4.69, 9.17) is 9.47 Å². The number of hydrogen-bond donors (Lipinski definition) is 1. The molecule has 142 valence electrons. The molecule has 0 aliphatic carbocycles. The summed E-state index contributed by atoms with van der Waals surface area (Å²) in [5, 5.41) is 2.54. The lowest BCUT2D eigenvalue weighted by Gasteiger charge is -2.16. The number of para-hydroxylation sites is 1. The highest BCUT2D eigenvalue weighted by Gasteiger charge is 2.18. The summed E-state index contributed by atoms with van der Waals surface area (Å²) >= 11 is 0. The number of ketones is 1. The number of benzene rings is 2. The van der Waals surface area contributed by atoms with Crippen molar-refractivity contribution in [3.8, 4) is 5.75 Å². The van der Waals surface area contributed by atoms with E-state index in [9.17, 15) is 18.8 Å². The third-order valence-electron chi connectivity index (χ3n) is 3.66. The second-order valence-electron chi connectivity index (χ2n) is 5.80. The van der Waals surface area contributed by atoms with Gasteiger partial charge in [0.2, 0.25) is 0 Å². The topological polar surface area (TPSA) is 81.7 Å². The standard InChI is InChI=1S/C20H20FNO5/c1-14(23)17(11-15-7-3-2-4-8-15)22-19(24)12-27-20(25)13-26-18-10-6-5-9-16(18)21/h2-10,17H,11-13H2,1H3,(H,22,24)/t17-/m1/s1. The summed E-state index contributed by atoms with van der Waals surface area (Å²) in [5.41, 5.74) is 0.897. The van der Waals surface area contributed by atoms with Crippen LogP contribution < -0.4 is 10.1 Å². The summed E-state index contributed by atoms with van der Waals surface area (Å²) in [5.74, 6) is -2.32. The van der Waals surface area contributed by atoms with Crippen LogP contribution in [0.15, 0.2) is 54.6 Å². The number of ether oxygens (including phenoxy) is 2. The Morgan fingerprint density at radius 2 is 1.67 bits per heavy atom. The summed E-state index contributed by atoms with van der Waals surface area (Å²) in [7, 11) is 0. The van der Waals surface area contributed by atoms with E-state index in [0.29, 0.717) is 6.42 Å². The van der Waals surface area contributed by atoms with Crippen LogP contribution in [0.4, 0.5) is 4.39 Å². The Morgan fingerprint density at radius 1 is 1.00 bits per heavy atom. The summed E-state index contributed by atoms with van der Waals surface area (Å²) in [6.07, 6.45) is 0.340. The van der Waals surface area contributed by atoms with Crippen molar-refractivity contribution < 1.29 is 28.2 Å². The van der Waals surface area contributed by atoms with Crippen LogP contribution in [-0.4, -0.2) is 36.9 Å². The van der Waals surface area contributed by atoms with Crippen LogP contribution in [0, 0.1) is 5.82 Å². The van der Waals surface area contributed by atoms with Crippen molar-refractivity contribution in [2.24, 2.45) is 0 Å². The number of Topliss-reactive ketones (excluding diaryl/α,β-unsaturated/α-hetero) is 1. The van der Waals surface area contributed by atoms with Crippen molar-refractivity contribution in [3.63, 3.8) is 0 Å². The molecule has 0 aliphatic heterocycles. The van der Waals surface area contributed by atoms with Crippen LogP contribution in [-0.2, 0) is 25.5 Å². The molecular formula is C20H20FNO5. The van der Waals surface area contributed by atoms with Crippen molar-refractivity contribution in [3.05, 3.63) is 66.0 Å². The number of rotatable bonds is 9. The van der Waals surface area contributed by atoms with Crippen molar-refractivity contribution >= 4 is 17.7 Å². The minimum atomic E-state index is -0.823. The van der Waals surface area contributed by atoms with Gasteiger partial charge in [0.15, 0.2) is 30.6 Å². The molecule has 0 heterocycles. The molecule has 1 N–H and O–H groups in total. The number of hydrogen-bond acceptors (Lipinski definition) is 5. The summed E-state index contributed by atoms with van der Waals surface area (Å²) in [6, 6.07) is 14.1. The first-order valence-electron chi connectivity index (χ1n) is 8.32. The highest BCUT2D eigenvalue weighted by Crippen LogP contribution is 2.15. The minimum Gasteiger partial charge on any atom is -0.479 e. The molecule has 0 aliphatic rings. The molecule has 0 radical (unpaired) electrons. The van der Waals surface area contributed by atoms with Gasteiger partial charge in [-0.15, -0.1) is 0 Å². The third kappa shape index (κ3) is 6.89. The van der Waals surface area contributed by atoms with Gasteiger partial charge in [0.25, 0.3) is 5.91 Å². The second-order valence-corrected chi connectivity index (χ2v) is 5.80. The van der Waals surface area contributed by atoms with Gasteiger partial charge in [-0.05, 0) is 31.0 Å². The average molecular weight is 373 g/mol. The van der Waals surface area contributed by atoms with E-state index in [1.54, 1.807) is 6.07 Å². The molecule has 0 saturated heterocycles. The Morgan fingerprint density at radius 3 is 2.33 bits per heavy atom. The van der Waals surface area contributed by atoms with E-state index in [1.165, 1.54) is 25.1 Å². The zero-order chi connectivity index (χ0) is 19.6. The van der Waals surface area contributed by atoms with Gasteiger partial charge in [-0.25, -0.2) is 9.18 Å². The average Bonchev–Trinajstić information content (AvgIpc) is 2.66. The number of carbonyl (C=O) groups is 3. The Kier molecular flexibility index (Phi) is 7.49. The molecule has 27 heavy (non-hydrogen) atoms. The van der Waals surface area contributed by atoms with Gasteiger partial charge in [-0.1, -0.05) is 42.5 Å². The number of halogens is 1. The fourth-order valence-electron chi connectivity index (χ4n) is 2.27. The smallest absolute Gasteiger partial charge is 0.344 e. The molecule has 0 bridgehead atoms. The highest BCUT2D eigenvalue weighted by atomic mass is 19.1. The number of esters is 1. The number of carbonyl (C=O) groups excluding carboxylic acids is 3. The number of amides is 1. The lowest BCUT2D eigenvalue weighted by Crippen LogP contribution is -2.43. The van der Waals surface area contributed by atoms with Crippen LogP contribution in [0.5, 0.6) is 5.75 Å². The molecular weight excluding hydrogens is 353 g/mol. The maximum atomic E-state index is 13.4. The van der Waals surface area contributed by atoms with E-state index in [1.807, 2.05) is 30.3 Å². The fraction of sp³-hybridized carbons (Fsp3) is 0.250. The molecule has 2 aromatic carbocycles. The lowest BCUT2D eigenvalue weighted by molar-refractivity contribution is -0.150. The molecule has 0 saturated carbocycles. The van der Waals surface area contributed by atoms with Gasteiger partial charge in [0.05, 0.1) is 6.04 Å². The second kappa shape index (κ2) is 10.1. The van der Waals surface area contributed by atoms with Crippen molar-refractivity contribution in [2.75, 3.05) is 13.2 Å². The van der Waals surface area contributed by atoms with Crippen LogP contribution in [0.2, 0.25) is 0 Å². The molecule has 7 heteroatoms. The molecule has 1 atom stereocenters.